The molecular formula is C29H41NO3S. The van der Waals surface area contributed by atoms with E-state index in [1.165, 1.54) is 17.3 Å². The van der Waals surface area contributed by atoms with E-state index in [0.717, 1.165) is 42.8 Å². The van der Waals surface area contributed by atoms with Gasteiger partial charge in [0.2, 0.25) is 0 Å². The van der Waals surface area contributed by atoms with E-state index in [9.17, 15) is 14.7 Å². The lowest BCUT2D eigenvalue weighted by Gasteiger charge is -2.54. The molecule has 186 valence electrons. The number of rotatable bonds is 9. The smallest absolute Gasteiger partial charge is 0.178 e. The average Bonchev–Trinajstić information content (AvgIpc) is 2.79. The Balaban J connectivity index is 1.80. The van der Waals surface area contributed by atoms with Gasteiger partial charge >= 0.3 is 0 Å². The van der Waals surface area contributed by atoms with Crippen LogP contribution in [0.5, 0.6) is 0 Å². The maximum Gasteiger partial charge on any atom is 0.178 e. The molecule has 0 saturated heterocycles. The summed E-state index contributed by atoms with van der Waals surface area (Å²) in [6.07, 6.45) is 10.2. The summed E-state index contributed by atoms with van der Waals surface area (Å²) in [5, 5.41) is 12.8. The van der Waals surface area contributed by atoms with Crippen molar-refractivity contribution < 1.29 is 14.7 Å². The van der Waals surface area contributed by atoms with Gasteiger partial charge in [-0.15, -0.1) is 0 Å². The second-order valence-corrected chi connectivity index (χ2v) is 11.9. The first-order valence-electron chi connectivity index (χ1n) is 12.8. The van der Waals surface area contributed by atoms with Crippen LogP contribution in [0.15, 0.2) is 47.0 Å². The molecule has 2 aliphatic rings. The Morgan fingerprint density at radius 3 is 2.65 bits per heavy atom. The van der Waals surface area contributed by atoms with Gasteiger partial charge in [0.15, 0.2) is 11.6 Å². The second-order valence-electron chi connectivity index (χ2n) is 10.9. The molecule has 3 rings (SSSR count). The molecule has 0 aliphatic heterocycles. The first-order chi connectivity index (χ1) is 16.0. The van der Waals surface area contributed by atoms with Gasteiger partial charge in [0, 0.05) is 16.5 Å². The van der Waals surface area contributed by atoms with Gasteiger partial charge in [-0.1, -0.05) is 70.5 Å². The minimum atomic E-state index is -1.35. The zero-order chi connectivity index (χ0) is 25.1. The highest BCUT2D eigenvalue weighted by atomic mass is 32.2. The van der Waals surface area contributed by atoms with Gasteiger partial charge in [0.25, 0.3) is 0 Å². The van der Waals surface area contributed by atoms with Gasteiger partial charge in [-0.25, -0.2) is 4.98 Å². The number of Topliss-reactive ketones (excluding diaryl/α,β-unsaturated/α-hetero) is 1. The molecule has 0 aromatic carbocycles. The number of pyridine rings is 1. The van der Waals surface area contributed by atoms with Crippen LogP contribution in [-0.4, -0.2) is 33.0 Å². The maximum atomic E-state index is 13.5. The fourth-order valence-electron chi connectivity index (χ4n) is 6.56. The van der Waals surface area contributed by atoms with E-state index in [1.54, 1.807) is 6.08 Å². The molecule has 1 aromatic rings. The number of nitrogens with zero attached hydrogens (tertiary/aromatic N) is 1. The number of hydrogen-bond acceptors (Lipinski definition) is 5. The number of hydrogen-bond donors (Lipinski definition) is 1. The van der Waals surface area contributed by atoms with Crippen LogP contribution < -0.4 is 0 Å². The lowest BCUT2D eigenvalue weighted by atomic mass is 9.52. The van der Waals surface area contributed by atoms with Crippen molar-refractivity contribution in [1.29, 1.82) is 0 Å². The number of ketones is 2. The molecular weight excluding hydrogens is 442 g/mol. The number of thioether (sulfide) groups is 1. The molecule has 1 heterocycles. The Morgan fingerprint density at radius 2 is 2.03 bits per heavy atom. The van der Waals surface area contributed by atoms with Crippen LogP contribution in [0.2, 0.25) is 0 Å². The highest BCUT2D eigenvalue weighted by Crippen LogP contribution is 2.57. The number of aryl methyl sites for hydroxylation is 1. The molecule has 5 heteroatoms. The molecule has 4 unspecified atom stereocenters. The highest BCUT2D eigenvalue weighted by Gasteiger charge is 2.55. The number of carbonyl (C=O) groups excluding carboxylic acids is 2. The summed E-state index contributed by atoms with van der Waals surface area (Å²) >= 11 is 1.42. The van der Waals surface area contributed by atoms with Gasteiger partial charge in [-0.05, 0) is 75.1 Å². The largest absolute Gasteiger partial charge is 0.381 e. The lowest BCUT2D eigenvalue weighted by molar-refractivity contribution is -0.160. The molecule has 0 spiro atoms. The van der Waals surface area contributed by atoms with Crippen LogP contribution in [0.4, 0.5) is 0 Å². The fourth-order valence-corrected chi connectivity index (χ4v) is 7.46. The summed E-state index contributed by atoms with van der Waals surface area (Å²) in [6.45, 7) is 12.7. The van der Waals surface area contributed by atoms with Gasteiger partial charge < -0.3 is 5.11 Å². The molecule has 1 saturated carbocycles. The summed E-state index contributed by atoms with van der Waals surface area (Å²) in [7, 11) is 0. The normalized spacial score (nSPS) is 31.1. The van der Waals surface area contributed by atoms with Crippen LogP contribution >= 0.6 is 11.8 Å². The molecule has 1 N–H and O–H groups in total. The van der Waals surface area contributed by atoms with Crippen molar-refractivity contribution in [3.05, 3.63) is 47.7 Å². The van der Waals surface area contributed by atoms with E-state index >= 15 is 0 Å². The standard InChI is InChI=1S/C29H41NO3S/c1-7-14-29(33,25(32)19-34-26-11-9-10-21(4)30-26)27(5)15-13-24(20(3)18-27)28(6)16-12-23(31)17-22(28)8-2/h9-12,16-17,20,24,33H,7-8,13-15,18-19H2,1-6H3/t20?,24?,27?,28?,29-/m0/s1. The monoisotopic (exact) mass is 483 g/mol. The van der Waals surface area contributed by atoms with E-state index in [1.807, 2.05) is 38.1 Å². The van der Waals surface area contributed by atoms with E-state index in [0.29, 0.717) is 18.3 Å². The highest BCUT2D eigenvalue weighted by molar-refractivity contribution is 7.99. The van der Waals surface area contributed by atoms with Crippen molar-refractivity contribution >= 4 is 23.3 Å². The van der Waals surface area contributed by atoms with E-state index < -0.39 is 11.0 Å². The van der Waals surface area contributed by atoms with Crippen LogP contribution in [0.1, 0.15) is 78.8 Å². The topological polar surface area (TPSA) is 67.3 Å². The molecule has 4 nitrogen and oxygen atoms in total. The third kappa shape index (κ3) is 5.11. The van der Waals surface area contributed by atoms with Crippen molar-refractivity contribution in [2.75, 3.05) is 5.75 Å². The Morgan fingerprint density at radius 1 is 1.29 bits per heavy atom. The Labute approximate surface area is 209 Å². The van der Waals surface area contributed by atoms with Gasteiger partial charge in [-0.3, -0.25) is 9.59 Å². The quantitative estimate of drug-likeness (QED) is 0.406. The van der Waals surface area contributed by atoms with E-state index in [-0.39, 0.29) is 22.7 Å². The average molecular weight is 484 g/mol. The van der Waals surface area contributed by atoms with Crippen molar-refractivity contribution in [3.63, 3.8) is 0 Å². The second kappa shape index (κ2) is 10.5. The summed E-state index contributed by atoms with van der Waals surface area (Å²) in [5.74, 6) is 0.915. The number of allylic oxidation sites excluding steroid dienone is 4. The fraction of sp³-hybridized carbons (Fsp3) is 0.621. The zero-order valence-corrected chi connectivity index (χ0v) is 22.5. The summed E-state index contributed by atoms with van der Waals surface area (Å²) in [6, 6.07) is 5.81. The molecule has 1 fully saturated rings. The third-order valence-electron chi connectivity index (χ3n) is 8.51. The zero-order valence-electron chi connectivity index (χ0n) is 21.7. The van der Waals surface area contributed by atoms with Crippen LogP contribution in [0.25, 0.3) is 0 Å². The molecule has 1 aromatic heterocycles. The first kappa shape index (κ1) is 26.9. The van der Waals surface area contributed by atoms with Crippen molar-refractivity contribution in [1.82, 2.24) is 4.98 Å². The Kier molecular flexibility index (Phi) is 8.29. The number of aromatic nitrogens is 1. The predicted octanol–water partition coefficient (Wildman–Crippen LogP) is 6.51. The molecule has 0 radical (unpaired) electrons. The lowest BCUT2D eigenvalue weighted by Crippen LogP contribution is -2.57. The van der Waals surface area contributed by atoms with Crippen LogP contribution in [-0.2, 0) is 9.59 Å². The van der Waals surface area contributed by atoms with Gasteiger partial charge in [-0.2, -0.15) is 0 Å². The van der Waals surface area contributed by atoms with Crippen LogP contribution in [0, 0.1) is 29.6 Å². The van der Waals surface area contributed by atoms with Crippen molar-refractivity contribution in [2.45, 2.75) is 90.7 Å². The minimum Gasteiger partial charge on any atom is -0.381 e. The summed E-state index contributed by atoms with van der Waals surface area (Å²) < 4.78 is 0. The Hall–Kier alpha value is -1.72. The maximum absolute atomic E-state index is 13.5. The summed E-state index contributed by atoms with van der Waals surface area (Å²) in [4.78, 5) is 30.1. The SMILES string of the molecule is CCC[C@](O)(C(=O)CSc1cccc(C)n1)C1(C)CCC(C2(C)C=CC(=O)C=C2CC)C(C)C1. The molecule has 5 atom stereocenters. The predicted molar refractivity (Wildman–Crippen MR) is 140 cm³/mol. The van der Waals surface area contributed by atoms with E-state index in [4.69, 9.17) is 0 Å². The Bertz CT molecular complexity index is 985. The molecule has 0 bridgehead atoms. The third-order valence-corrected chi connectivity index (χ3v) is 9.44. The number of aliphatic hydroxyl groups is 1. The van der Waals surface area contributed by atoms with Crippen molar-refractivity contribution in [3.8, 4) is 0 Å². The minimum absolute atomic E-state index is 0.0751. The molecule has 34 heavy (non-hydrogen) atoms. The summed E-state index contributed by atoms with van der Waals surface area (Å²) in [5.41, 5.74) is 0.149. The number of carbonyl (C=O) groups is 2. The van der Waals surface area contributed by atoms with Crippen molar-refractivity contribution in [2.24, 2.45) is 22.7 Å². The first-order valence-corrected chi connectivity index (χ1v) is 13.7. The van der Waals surface area contributed by atoms with Gasteiger partial charge in [0.1, 0.15) is 5.60 Å². The molecule has 0 amide bonds. The van der Waals surface area contributed by atoms with Crippen LogP contribution in [0.3, 0.4) is 0 Å². The van der Waals surface area contributed by atoms with E-state index in [2.05, 4.69) is 38.8 Å². The molecule has 2 aliphatic carbocycles. The van der Waals surface area contributed by atoms with Gasteiger partial charge in [0.05, 0.1) is 10.8 Å².